The summed E-state index contributed by atoms with van der Waals surface area (Å²) in [5, 5.41) is 1.12. The van der Waals surface area contributed by atoms with Crippen molar-refractivity contribution < 1.29 is 0 Å². The Labute approximate surface area is 112 Å². The topological polar surface area (TPSA) is 55.0 Å². The van der Waals surface area contributed by atoms with Crippen LogP contribution in [0.25, 0.3) is 11.1 Å². The van der Waals surface area contributed by atoms with Crippen LogP contribution in [0.1, 0.15) is 20.3 Å². The van der Waals surface area contributed by atoms with Gasteiger partial charge < -0.3 is 10.6 Å². The molecule has 0 aliphatic heterocycles. The van der Waals surface area contributed by atoms with Gasteiger partial charge in [-0.25, -0.2) is 0 Å². The fraction of sp³-hybridized carbons (Fsp3) is 0.385. The average molecular weight is 262 g/mol. The normalized spacial score (nSPS) is 12.4. The predicted molar refractivity (Wildman–Crippen MR) is 77.9 cm³/mol. The molecule has 0 aliphatic carbocycles. The summed E-state index contributed by atoms with van der Waals surface area (Å²) < 4.78 is 4.29. The van der Waals surface area contributed by atoms with Crippen LogP contribution in [-0.4, -0.2) is 22.4 Å². The molecule has 0 aliphatic rings. The molecule has 0 radical (unpaired) electrons. The Hall–Kier alpha value is -1.62. The first-order valence-electron chi connectivity index (χ1n) is 6.03. The number of hydrogen-bond donors (Lipinski definition) is 1. The highest BCUT2D eigenvalue weighted by atomic mass is 32.1. The Morgan fingerprint density at radius 1 is 1.39 bits per heavy atom. The van der Waals surface area contributed by atoms with Gasteiger partial charge in [0, 0.05) is 25.5 Å². The molecule has 2 heterocycles. The number of anilines is 2. The summed E-state index contributed by atoms with van der Waals surface area (Å²) in [6.45, 7) is 4.38. The summed E-state index contributed by atoms with van der Waals surface area (Å²) in [6.07, 6.45) is 4.64. The zero-order valence-electron chi connectivity index (χ0n) is 10.9. The van der Waals surface area contributed by atoms with Gasteiger partial charge in [0.1, 0.15) is 10.8 Å². The predicted octanol–water partition coefficient (Wildman–Crippen LogP) is 3.02. The fourth-order valence-electron chi connectivity index (χ4n) is 1.80. The third-order valence-corrected chi connectivity index (χ3v) is 4.19. The van der Waals surface area contributed by atoms with Crippen molar-refractivity contribution in [2.24, 2.45) is 0 Å². The number of nitrogens with zero attached hydrogens (tertiary/aromatic N) is 3. The Bertz CT molecular complexity index is 509. The Balaban J connectivity index is 2.45. The number of nitrogen functional groups attached to an aromatic ring is 1. The summed E-state index contributed by atoms with van der Waals surface area (Å²) >= 11 is 1.45. The van der Waals surface area contributed by atoms with Gasteiger partial charge in [-0.05, 0) is 42.6 Å². The Morgan fingerprint density at radius 3 is 2.67 bits per heavy atom. The van der Waals surface area contributed by atoms with Gasteiger partial charge in [0.2, 0.25) is 0 Å². The molecule has 18 heavy (non-hydrogen) atoms. The van der Waals surface area contributed by atoms with Crippen LogP contribution in [0.2, 0.25) is 0 Å². The van der Waals surface area contributed by atoms with Crippen LogP contribution in [-0.2, 0) is 0 Å². The second-order valence-electron chi connectivity index (χ2n) is 4.35. The van der Waals surface area contributed by atoms with Gasteiger partial charge in [-0.3, -0.25) is 4.98 Å². The van der Waals surface area contributed by atoms with Gasteiger partial charge in [-0.15, -0.1) is 0 Å². The van der Waals surface area contributed by atoms with Crippen molar-refractivity contribution in [2.45, 2.75) is 26.3 Å². The summed E-state index contributed by atoms with van der Waals surface area (Å²) in [5.41, 5.74) is 8.09. The minimum Gasteiger partial charge on any atom is -0.382 e. The zero-order chi connectivity index (χ0) is 13.1. The number of pyridine rings is 1. The molecule has 1 unspecified atom stereocenters. The fourth-order valence-corrected chi connectivity index (χ4v) is 2.70. The van der Waals surface area contributed by atoms with E-state index in [-0.39, 0.29) is 0 Å². The van der Waals surface area contributed by atoms with E-state index in [1.54, 1.807) is 12.4 Å². The molecule has 0 bridgehead atoms. The minimum absolute atomic E-state index is 0.463. The largest absolute Gasteiger partial charge is 0.382 e. The molecule has 0 saturated heterocycles. The van der Waals surface area contributed by atoms with Crippen LogP contribution in [0.5, 0.6) is 0 Å². The second kappa shape index (κ2) is 5.35. The molecule has 2 rings (SSSR count). The van der Waals surface area contributed by atoms with Crippen molar-refractivity contribution in [3.63, 3.8) is 0 Å². The van der Waals surface area contributed by atoms with Gasteiger partial charge >= 0.3 is 0 Å². The van der Waals surface area contributed by atoms with Crippen LogP contribution >= 0.6 is 11.5 Å². The smallest absolute Gasteiger partial charge is 0.147 e. The van der Waals surface area contributed by atoms with E-state index in [4.69, 9.17) is 5.73 Å². The van der Waals surface area contributed by atoms with Gasteiger partial charge in [-0.2, -0.15) is 4.37 Å². The van der Waals surface area contributed by atoms with E-state index < -0.39 is 0 Å². The maximum Gasteiger partial charge on any atom is 0.147 e. The molecule has 4 nitrogen and oxygen atoms in total. The van der Waals surface area contributed by atoms with Crippen LogP contribution in [0.15, 0.2) is 24.5 Å². The van der Waals surface area contributed by atoms with Crippen LogP contribution in [0.3, 0.4) is 0 Å². The first kappa shape index (κ1) is 12.8. The highest BCUT2D eigenvalue weighted by molar-refractivity contribution is 7.11. The molecule has 0 aromatic carbocycles. The number of nitrogens with two attached hydrogens (primary N) is 1. The Morgan fingerprint density at radius 2 is 2.06 bits per heavy atom. The zero-order valence-corrected chi connectivity index (χ0v) is 11.7. The van der Waals surface area contributed by atoms with Crippen LogP contribution in [0, 0.1) is 0 Å². The molecule has 0 fully saturated rings. The standard InChI is InChI=1S/C13H18N4S/c1-4-9(2)17(3)13-11(12(14)16-18-13)10-5-7-15-8-6-10/h5-9H,4H2,1-3H3,(H2,14,16). The summed E-state index contributed by atoms with van der Waals surface area (Å²) in [5.74, 6) is 0.594. The van der Waals surface area contributed by atoms with E-state index in [9.17, 15) is 0 Å². The molecule has 1 atom stereocenters. The summed E-state index contributed by atoms with van der Waals surface area (Å²) in [6, 6.07) is 4.40. The minimum atomic E-state index is 0.463. The molecule has 0 amide bonds. The molecule has 0 spiro atoms. The molecule has 96 valence electrons. The van der Waals surface area contributed by atoms with Gasteiger partial charge in [0.05, 0.1) is 5.56 Å². The lowest BCUT2D eigenvalue weighted by Crippen LogP contribution is -2.27. The molecular formula is C13H18N4S. The van der Waals surface area contributed by atoms with Crippen molar-refractivity contribution in [1.29, 1.82) is 0 Å². The molecule has 0 saturated carbocycles. The van der Waals surface area contributed by atoms with Crippen molar-refractivity contribution in [3.05, 3.63) is 24.5 Å². The van der Waals surface area contributed by atoms with Crippen molar-refractivity contribution in [3.8, 4) is 11.1 Å². The number of rotatable bonds is 4. The van der Waals surface area contributed by atoms with E-state index in [0.717, 1.165) is 22.5 Å². The van der Waals surface area contributed by atoms with Crippen LogP contribution in [0.4, 0.5) is 10.8 Å². The maximum atomic E-state index is 6.01. The third-order valence-electron chi connectivity index (χ3n) is 3.24. The van der Waals surface area contributed by atoms with Gasteiger partial charge in [0.25, 0.3) is 0 Å². The first-order valence-corrected chi connectivity index (χ1v) is 6.80. The van der Waals surface area contributed by atoms with Crippen molar-refractivity contribution >= 4 is 22.4 Å². The molecule has 2 aromatic heterocycles. The SMILES string of the molecule is CCC(C)N(C)c1snc(N)c1-c1ccncc1. The quantitative estimate of drug-likeness (QED) is 0.920. The highest BCUT2D eigenvalue weighted by Crippen LogP contribution is 2.39. The summed E-state index contributed by atoms with van der Waals surface area (Å²) in [4.78, 5) is 6.28. The lowest BCUT2D eigenvalue weighted by Gasteiger charge is -2.25. The lowest BCUT2D eigenvalue weighted by atomic mass is 10.1. The van der Waals surface area contributed by atoms with Gasteiger partial charge in [-0.1, -0.05) is 6.92 Å². The molecular weight excluding hydrogens is 244 g/mol. The molecule has 5 heteroatoms. The Kier molecular flexibility index (Phi) is 3.81. The monoisotopic (exact) mass is 262 g/mol. The maximum absolute atomic E-state index is 6.01. The molecule has 2 aromatic rings. The van der Waals surface area contributed by atoms with Gasteiger partial charge in [0.15, 0.2) is 0 Å². The van der Waals surface area contributed by atoms with Crippen LogP contribution < -0.4 is 10.6 Å². The lowest BCUT2D eigenvalue weighted by molar-refractivity contribution is 0.668. The van der Waals surface area contributed by atoms with E-state index in [1.807, 2.05) is 12.1 Å². The third kappa shape index (κ3) is 2.31. The second-order valence-corrected chi connectivity index (χ2v) is 5.10. The van der Waals surface area contributed by atoms with E-state index in [1.165, 1.54) is 11.5 Å². The van der Waals surface area contributed by atoms with E-state index in [0.29, 0.717) is 11.9 Å². The van der Waals surface area contributed by atoms with E-state index in [2.05, 4.69) is 35.2 Å². The number of aromatic nitrogens is 2. The molecule has 2 N–H and O–H groups in total. The number of hydrogen-bond acceptors (Lipinski definition) is 5. The summed E-state index contributed by atoms with van der Waals surface area (Å²) in [7, 11) is 2.09. The van der Waals surface area contributed by atoms with Crippen molar-refractivity contribution in [2.75, 3.05) is 17.7 Å². The average Bonchev–Trinajstić information content (AvgIpc) is 2.79. The van der Waals surface area contributed by atoms with E-state index >= 15 is 0 Å². The first-order chi connectivity index (χ1) is 8.65. The van der Waals surface area contributed by atoms with Crippen molar-refractivity contribution in [1.82, 2.24) is 9.36 Å². The highest BCUT2D eigenvalue weighted by Gasteiger charge is 2.19.